The highest BCUT2D eigenvalue weighted by Gasteiger charge is 2.34. The first-order valence-electron chi connectivity index (χ1n) is 6.10. The van der Waals surface area contributed by atoms with Gasteiger partial charge in [-0.15, -0.1) is 11.6 Å². The monoisotopic (exact) mass is 281 g/mol. The van der Waals surface area contributed by atoms with Crippen molar-refractivity contribution in [2.75, 3.05) is 12.3 Å². The molecule has 0 aromatic carbocycles. The van der Waals surface area contributed by atoms with E-state index in [1.165, 1.54) is 0 Å². The number of carbonyl (C=O) groups is 1. The first-order chi connectivity index (χ1) is 7.97. The molecule has 0 aromatic heterocycles. The van der Waals surface area contributed by atoms with Crippen molar-refractivity contribution in [1.29, 1.82) is 0 Å². The number of sulfone groups is 1. The number of amides is 1. The zero-order chi connectivity index (χ0) is 12.9. The summed E-state index contributed by atoms with van der Waals surface area (Å²) in [7, 11) is -3.24. The van der Waals surface area contributed by atoms with Crippen molar-refractivity contribution < 1.29 is 13.2 Å². The molecule has 1 heterocycles. The van der Waals surface area contributed by atoms with Crippen LogP contribution in [0.3, 0.4) is 0 Å². The summed E-state index contributed by atoms with van der Waals surface area (Å²) in [6.45, 7) is 2.36. The number of halogens is 1. The van der Waals surface area contributed by atoms with Gasteiger partial charge in [-0.2, -0.15) is 0 Å². The van der Waals surface area contributed by atoms with E-state index < -0.39 is 15.1 Å². The average Bonchev–Trinajstić information content (AvgIpc) is 2.26. The molecule has 0 saturated carbocycles. The molecule has 6 heteroatoms. The minimum Gasteiger partial charge on any atom is -0.353 e. The Labute approximate surface area is 108 Å². The molecule has 1 aliphatic rings. The van der Waals surface area contributed by atoms with Gasteiger partial charge in [-0.25, -0.2) is 8.42 Å². The molecule has 0 bridgehead atoms. The van der Waals surface area contributed by atoms with E-state index in [1.54, 1.807) is 0 Å². The van der Waals surface area contributed by atoms with Gasteiger partial charge in [0.1, 0.15) is 5.25 Å². The molecule has 2 atom stereocenters. The Morgan fingerprint density at radius 1 is 1.47 bits per heavy atom. The molecule has 4 nitrogen and oxygen atoms in total. The van der Waals surface area contributed by atoms with Crippen molar-refractivity contribution in [3.05, 3.63) is 0 Å². The predicted molar refractivity (Wildman–Crippen MR) is 69.0 cm³/mol. The first-order valence-corrected chi connectivity index (χ1v) is 8.26. The van der Waals surface area contributed by atoms with Gasteiger partial charge in [0, 0.05) is 6.54 Å². The van der Waals surface area contributed by atoms with E-state index in [2.05, 4.69) is 5.32 Å². The summed E-state index contributed by atoms with van der Waals surface area (Å²) in [4.78, 5) is 11.8. The van der Waals surface area contributed by atoms with Gasteiger partial charge in [0.2, 0.25) is 5.91 Å². The van der Waals surface area contributed by atoms with Gasteiger partial charge in [-0.3, -0.25) is 4.79 Å². The lowest BCUT2D eigenvalue weighted by molar-refractivity contribution is -0.120. The number of nitrogens with one attached hydrogen (secondary N) is 1. The second kappa shape index (κ2) is 6.59. The molecular weight excluding hydrogens is 262 g/mol. The van der Waals surface area contributed by atoms with Crippen LogP contribution in [0.2, 0.25) is 0 Å². The van der Waals surface area contributed by atoms with Crippen LogP contribution in [-0.4, -0.2) is 37.2 Å². The Morgan fingerprint density at radius 3 is 2.76 bits per heavy atom. The highest BCUT2D eigenvalue weighted by atomic mass is 35.5. The van der Waals surface area contributed by atoms with E-state index in [0.29, 0.717) is 19.4 Å². The molecule has 1 saturated heterocycles. The summed E-state index contributed by atoms with van der Waals surface area (Å²) in [6, 6.07) is 0. The zero-order valence-corrected chi connectivity index (χ0v) is 11.7. The predicted octanol–water partition coefficient (Wildman–Crippen LogP) is 1.48. The fourth-order valence-electron chi connectivity index (χ4n) is 1.99. The van der Waals surface area contributed by atoms with Crippen molar-refractivity contribution in [3.63, 3.8) is 0 Å². The summed E-state index contributed by atoms with van der Waals surface area (Å²) in [5, 5.41) is 1.67. The molecular formula is C11H20ClNO3S. The van der Waals surface area contributed by atoms with E-state index in [9.17, 15) is 13.2 Å². The Bertz CT molecular complexity index is 356. The normalized spacial score (nSPS) is 25.2. The maximum atomic E-state index is 11.8. The lowest BCUT2D eigenvalue weighted by Crippen LogP contribution is -2.44. The molecule has 1 aliphatic heterocycles. The van der Waals surface area contributed by atoms with Gasteiger partial charge in [-0.05, 0) is 19.3 Å². The molecule has 1 N–H and O–H groups in total. The number of alkyl halides is 1. The molecule has 0 spiro atoms. The van der Waals surface area contributed by atoms with Crippen LogP contribution >= 0.6 is 11.6 Å². The van der Waals surface area contributed by atoms with Crippen LogP contribution < -0.4 is 5.32 Å². The van der Waals surface area contributed by atoms with E-state index in [4.69, 9.17) is 11.6 Å². The lowest BCUT2D eigenvalue weighted by atomic mass is 10.2. The van der Waals surface area contributed by atoms with Crippen molar-refractivity contribution in [2.45, 2.75) is 49.7 Å². The molecule has 1 fully saturated rings. The summed E-state index contributed by atoms with van der Waals surface area (Å²) in [5.74, 6) is -0.254. The number of rotatable bonds is 5. The van der Waals surface area contributed by atoms with Crippen LogP contribution in [0.15, 0.2) is 0 Å². The molecule has 1 rings (SSSR count). The van der Waals surface area contributed by atoms with E-state index in [-0.39, 0.29) is 17.0 Å². The second-order valence-electron chi connectivity index (χ2n) is 4.48. The molecule has 0 radical (unpaired) electrons. The topological polar surface area (TPSA) is 63.2 Å². The van der Waals surface area contributed by atoms with E-state index in [1.807, 2.05) is 6.92 Å². The number of carbonyl (C=O) groups excluding carboxylic acids is 1. The van der Waals surface area contributed by atoms with Gasteiger partial charge >= 0.3 is 0 Å². The largest absolute Gasteiger partial charge is 0.353 e. The third-order valence-electron chi connectivity index (χ3n) is 2.97. The maximum Gasteiger partial charge on any atom is 0.238 e. The molecule has 1 amide bonds. The minimum absolute atomic E-state index is 0.116. The van der Waals surface area contributed by atoms with Crippen molar-refractivity contribution in [1.82, 2.24) is 5.32 Å². The standard InChI is InChI=1S/C11H20ClNO3S/c1-2-5-9(12)8-13-11(14)10-6-3-4-7-17(10,15)16/h9-10H,2-8H2,1H3,(H,13,14). The Morgan fingerprint density at radius 2 is 2.18 bits per heavy atom. The molecule has 2 unspecified atom stereocenters. The Kier molecular flexibility index (Phi) is 5.73. The number of hydrogen-bond acceptors (Lipinski definition) is 3. The van der Waals surface area contributed by atoms with Crippen LogP contribution in [0.5, 0.6) is 0 Å². The van der Waals surface area contributed by atoms with Crippen molar-refractivity contribution in [3.8, 4) is 0 Å². The fourth-order valence-corrected chi connectivity index (χ4v) is 4.11. The molecule has 0 aliphatic carbocycles. The summed E-state index contributed by atoms with van der Waals surface area (Å²) < 4.78 is 23.4. The van der Waals surface area contributed by atoms with Crippen LogP contribution in [0.25, 0.3) is 0 Å². The van der Waals surface area contributed by atoms with Gasteiger partial charge < -0.3 is 5.32 Å². The summed E-state index contributed by atoms with van der Waals surface area (Å²) >= 11 is 5.97. The van der Waals surface area contributed by atoms with Crippen LogP contribution in [0.1, 0.15) is 39.0 Å². The van der Waals surface area contributed by atoms with Crippen molar-refractivity contribution >= 4 is 27.3 Å². The maximum absolute atomic E-state index is 11.8. The van der Waals surface area contributed by atoms with Gasteiger partial charge in [-0.1, -0.05) is 19.8 Å². The van der Waals surface area contributed by atoms with Gasteiger partial charge in [0.15, 0.2) is 9.84 Å². The summed E-state index contributed by atoms with van der Waals surface area (Å²) in [5.41, 5.74) is 0. The number of hydrogen-bond donors (Lipinski definition) is 1. The molecule has 17 heavy (non-hydrogen) atoms. The SMILES string of the molecule is CCCC(Cl)CNC(=O)C1CCCCS1(=O)=O. The first kappa shape index (κ1) is 14.8. The van der Waals surface area contributed by atoms with Crippen LogP contribution in [0, 0.1) is 0 Å². The fraction of sp³-hybridized carbons (Fsp3) is 0.909. The summed E-state index contributed by atoms with van der Waals surface area (Å²) in [6.07, 6.45) is 3.68. The second-order valence-corrected chi connectivity index (χ2v) is 7.40. The molecule has 100 valence electrons. The lowest BCUT2D eigenvalue weighted by Gasteiger charge is -2.22. The Balaban J connectivity index is 2.46. The highest BCUT2D eigenvalue weighted by molar-refractivity contribution is 7.92. The van der Waals surface area contributed by atoms with Crippen LogP contribution in [0.4, 0.5) is 0 Å². The quantitative estimate of drug-likeness (QED) is 0.777. The van der Waals surface area contributed by atoms with E-state index in [0.717, 1.165) is 19.3 Å². The third kappa shape index (κ3) is 4.47. The van der Waals surface area contributed by atoms with Gasteiger partial charge in [0.25, 0.3) is 0 Å². The third-order valence-corrected chi connectivity index (χ3v) is 5.52. The molecule has 0 aromatic rings. The van der Waals surface area contributed by atoms with Crippen molar-refractivity contribution in [2.24, 2.45) is 0 Å². The van der Waals surface area contributed by atoms with E-state index >= 15 is 0 Å². The minimum atomic E-state index is -3.24. The average molecular weight is 282 g/mol. The Hall–Kier alpha value is -0.290. The van der Waals surface area contributed by atoms with Gasteiger partial charge in [0.05, 0.1) is 11.1 Å². The smallest absolute Gasteiger partial charge is 0.238 e. The zero-order valence-electron chi connectivity index (χ0n) is 10.1. The highest BCUT2D eigenvalue weighted by Crippen LogP contribution is 2.19. The van der Waals surface area contributed by atoms with Crippen LogP contribution in [-0.2, 0) is 14.6 Å².